The summed E-state index contributed by atoms with van der Waals surface area (Å²) in [5.74, 6) is 2.22. The number of fused-ring (bicyclic) bond motifs is 7. The van der Waals surface area contributed by atoms with Crippen molar-refractivity contribution in [3.63, 3.8) is 0 Å². The van der Waals surface area contributed by atoms with Gasteiger partial charge in [-0.05, 0) is 117 Å². The SMILES string of the molecule is C=C(C)[C@@H]1CC[C@]2(C(=O)O)CC[C@]3(C)C(CCC4[C@@]5(C)CC[C@H](OC(=O)c6cc(OC)c(OC)cc6OC)C(C)(C)C5CC[C@]43C)C12. The minimum absolute atomic E-state index is 0.0863. The Morgan fingerprint density at radius 1 is 0.766 bits per heavy atom. The molecule has 0 bridgehead atoms. The molecule has 5 fully saturated rings. The Labute approximate surface area is 282 Å². The third kappa shape index (κ3) is 4.63. The molecule has 5 aliphatic rings. The lowest BCUT2D eigenvalue weighted by molar-refractivity contribution is -0.248. The van der Waals surface area contributed by atoms with E-state index in [2.05, 4.69) is 48.1 Å². The molecule has 5 aliphatic carbocycles. The molecule has 4 unspecified atom stereocenters. The van der Waals surface area contributed by atoms with Crippen molar-refractivity contribution in [2.45, 2.75) is 112 Å². The van der Waals surface area contributed by atoms with Crippen LogP contribution in [0, 0.1) is 56.7 Å². The lowest BCUT2D eigenvalue weighted by Crippen LogP contribution is -2.67. The van der Waals surface area contributed by atoms with E-state index in [1.807, 2.05) is 0 Å². The molecule has 5 saturated carbocycles. The summed E-state index contributed by atoms with van der Waals surface area (Å²) in [5.41, 5.74) is 1.02. The topological polar surface area (TPSA) is 91.3 Å². The van der Waals surface area contributed by atoms with Crippen LogP contribution in [-0.4, -0.2) is 44.5 Å². The first-order chi connectivity index (χ1) is 22.1. The van der Waals surface area contributed by atoms with E-state index in [1.165, 1.54) is 5.57 Å². The van der Waals surface area contributed by atoms with Gasteiger partial charge in [-0.25, -0.2) is 4.79 Å². The first-order valence-electron chi connectivity index (χ1n) is 18.0. The summed E-state index contributed by atoms with van der Waals surface area (Å²) in [4.78, 5) is 26.7. The van der Waals surface area contributed by atoms with Crippen molar-refractivity contribution in [1.82, 2.24) is 0 Å². The molecule has 6 rings (SSSR count). The number of benzene rings is 1. The highest BCUT2D eigenvalue weighted by atomic mass is 16.5. The van der Waals surface area contributed by atoms with Crippen LogP contribution in [0.2, 0.25) is 0 Å². The molecule has 0 spiro atoms. The van der Waals surface area contributed by atoms with Crippen LogP contribution in [0.3, 0.4) is 0 Å². The Morgan fingerprint density at radius 2 is 1.43 bits per heavy atom. The molecule has 0 saturated heterocycles. The molecule has 0 aliphatic heterocycles. The molecule has 0 aromatic heterocycles. The van der Waals surface area contributed by atoms with Crippen LogP contribution >= 0.6 is 0 Å². The standard InChI is InChI=1S/C40H58O7/c1-23(2)24-13-18-40(35(42)43)20-19-38(6)26(33(24)40)11-12-31-37(5)16-15-32(36(3,4)30(37)14-17-39(31,38)7)47-34(41)25-21-28(45-9)29(46-10)22-27(25)44-8/h21-22,24,26,30-33H,1,11-20H2,2-10H3,(H,42,43)/t24-,26?,30?,31?,32-,33?,37-,38+,39+,40-/m0/s1. The number of carboxylic acids is 1. The third-order valence-electron chi connectivity index (χ3n) is 15.6. The zero-order valence-electron chi connectivity index (χ0n) is 30.3. The molecular weight excluding hydrogens is 592 g/mol. The molecule has 1 aromatic rings. The zero-order valence-corrected chi connectivity index (χ0v) is 30.3. The van der Waals surface area contributed by atoms with E-state index in [4.69, 9.17) is 18.9 Å². The summed E-state index contributed by atoms with van der Waals surface area (Å²) in [6.07, 6.45) is 9.60. The van der Waals surface area contributed by atoms with Gasteiger partial charge < -0.3 is 24.1 Å². The van der Waals surface area contributed by atoms with Crippen LogP contribution in [0.15, 0.2) is 24.3 Å². The minimum Gasteiger partial charge on any atom is -0.496 e. The van der Waals surface area contributed by atoms with Crippen molar-refractivity contribution in [3.05, 3.63) is 29.8 Å². The predicted molar refractivity (Wildman–Crippen MR) is 182 cm³/mol. The van der Waals surface area contributed by atoms with E-state index in [1.54, 1.807) is 33.5 Å². The van der Waals surface area contributed by atoms with E-state index >= 15 is 0 Å². The average molecular weight is 651 g/mol. The molecule has 10 atom stereocenters. The predicted octanol–water partition coefficient (Wildman–Crippen LogP) is 8.98. The fraction of sp³-hybridized carbons (Fsp3) is 0.750. The first-order valence-corrected chi connectivity index (χ1v) is 18.0. The Morgan fingerprint density at radius 3 is 2.04 bits per heavy atom. The molecule has 0 amide bonds. The summed E-state index contributed by atoms with van der Waals surface area (Å²) in [6, 6.07) is 3.32. The molecule has 0 radical (unpaired) electrons. The van der Waals surface area contributed by atoms with Gasteiger partial charge in [0.25, 0.3) is 0 Å². The number of carbonyl (C=O) groups excluding carboxylic acids is 1. The maximum absolute atomic E-state index is 13.8. The molecule has 7 nitrogen and oxygen atoms in total. The number of allylic oxidation sites excluding steroid dienone is 1. The monoisotopic (exact) mass is 650 g/mol. The van der Waals surface area contributed by atoms with Crippen molar-refractivity contribution in [3.8, 4) is 17.2 Å². The minimum atomic E-state index is -0.599. The van der Waals surface area contributed by atoms with E-state index < -0.39 is 17.4 Å². The van der Waals surface area contributed by atoms with Crippen LogP contribution < -0.4 is 14.2 Å². The van der Waals surface area contributed by atoms with Crippen molar-refractivity contribution in [2.75, 3.05) is 21.3 Å². The molecule has 47 heavy (non-hydrogen) atoms. The van der Waals surface area contributed by atoms with Crippen LogP contribution in [0.1, 0.15) is 116 Å². The first kappa shape index (κ1) is 34.2. The second kappa shape index (κ2) is 11.4. The maximum atomic E-state index is 13.8. The highest BCUT2D eigenvalue weighted by Gasteiger charge is 2.72. The van der Waals surface area contributed by atoms with Gasteiger partial charge in [-0.15, -0.1) is 0 Å². The van der Waals surface area contributed by atoms with Gasteiger partial charge >= 0.3 is 11.9 Å². The summed E-state index contributed by atoms with van der Waals surface area (Å²) in [7, 11) is 4.66. The summed E-state index contributed by atoms with van der Waals surface area (Å²) in [6.45, 7) is 18.8. The quantitative estimate of drug-likeness (QED) is 0.233. The van der Waals surface area contributed by atoms with Gasteiger partial charge in [0.15, 0.2) is 11.5 Å². The van der Waals surface area contributed by atoms with Crippen molar-refractivity contribution in [1.29, 1.82) is 0 Å². The van der Waals surface area contributed by atoms with Gasteiger partial charge in [-0.2, -0.15) is 0 Å². The number of carboxylic acid groups (broad SMARTS) is 1. The Hall–Kier alpha value is -2.70. The molecular formula is C40H58O7. The molecule has 0 heterocycles. The number of rotatable bonds is 7. The van der Waals surface area contributed by atoms with E-state index in [0.29, 0.717) is 46.5 Å². The summed E-state index contributed by atoms with van der Waals surface area (Å²) < 4.78 is 22.9. The number of esters is 1. The number of aliphatic carboxylic acids is 1. The smallest absolute Gasteiger partial charge is 0.342 e. The second-order valence-electron chi connectivity index (χ2n) is 17.3. The van der Waals surface area contributed by atoms with Crippen LogP contribution in [0.5, 0.6) is 17.2 Å². The summed E-state index contributed by atoms with van der Waals surface area (Å²) >= 11 is 0. The van der Waals surface area contributed by atoms with Gasteiger partial charge in [0, 0.05) is 17.5 Å². The van der Waals surface area contributed by atoms with Gasteiger partial charge in [-0.1, -0.05) is 46.8 Å². The highest BCUT2D eigenvalue weighted by molar-refractivity contribution is 5.93. The number of hydrogen-bond acceptors (Lipinski definition) is 6. The van der Waals surface area contributed by atoms with Crippen molar-refractivity contribution < 1.29 is 33.6 Å². The van der Waals surface area contributed by atoms with E-state index in [0.717, 1.165) is 64.2 Å². The van der Waals surface area contributed by atoms with Crippen molar-refractivity contribution in [2.24, 2.45) is 56.7 Å². The van der Waals surface area contributed by atoms with Gasteiger partial charge in [0.2, 0.25) is 0 Å². The second-order valence-corrected chi connectivity index (χ2v) is 17.3. The van der Waals surface area contributed by atoms with Crippen LogP contribution in [0.25, 0.3) is 0 Å². The van der Waals surface area contributed by atoms with Gasteiger partial charge in [0.05, 0.1) is 26.7 Å². The highest BCUT2D eigenvalue weighted by Crippen LogP contribution is 2.77. The van der Waals surface area contributed by atoms with Crippen LogP contribution in [-0.2, 0) is 9.53 Å². The lowest BCUT2D eigenvalue weighted by Gasteiger charge is -2.72. The fourth-order valence-corrected chi connectivity index (χ4v) is 13.1. The lowest BCUT2D eigenvalue weighted by atomic mass is 9.32. The van der Waals surface area contributed by atoms with Gasteiger partial charge in [0.1, 0.15) is 17.4 Å². The maximum Gasteiger partial charge on any atom is 0.342 e. The normalized spacial score (nSPS) is 41.7. The third-order valence-corrected chi connectivity index (χ3v) is 15.6. The van der Waals surface area contributed by atoms with E-state index in [-0.39, 0.29) is 33.7 Å². The summed E-state index contributed by atoms with van der Waals surface area (Å²) in [5, 5.41) is 10.7. The Balaban J connectivity index is 1.28. The van der Waals surface area contributed by atoms with Crippen molar-refractivity contribution >= 4 is 11.9 Å². The molecule has 260 valence electrons. The number of hydrogen-bond donors (Lipinski definition) is 1. The zero-order chi connectivity index (χ0) is 34.3. The number of methoxy groups -OCH3 is 3. The van der Waals surface area contributed by atoms with Gasteiger partial charge in [-0.3, -0.25) is 4.79 Å². The van der Waals surface area contributed by atoms with E-state index in [9.17, 15) is 14.7 Å². The number of carbonyl (C=O) groups is 2. The largest absolute Gasteiger partial charge is 0.496 e. The fourth-order valence-electron chi connectivity index (χ4n) is 13.1. The van der Waals surface area contributed by atoms with Crippen LogP contribution in [0.4, 0.5) is 0 Å². The number of ether oxygens (including phenoxy) is 4. The average Bonchev–Trinajstić information content (AvgIpc) is 3.43. The molecule has 1 aromatic carbocycles. The Kier molecular flexibility index (Phi) is 8.32. The molecule has 1 N–H and O–H groups in total. The molecule has 7 heteroatoms. The Bertz CT molecular complexity index is 1450.